The summed E-state index contributed by atoms with van der Waals surface area (Å²) in [5, 5.41) is 0. The highest BCUT2D eigenvalue weighted by atomic mass is 16.2. The lowest BCUT2D eigenvalue weighted by Crippen LogP contribution is -2.44. The predicted octanol–water partition coefficient (Wildman–Crippen LogP) is 2.68. The molecule has 4 nitrogen and oxygen atoms in total. The van der Waals surface area contributed by atoms with Gasteiger partial charge >= 0.3 is 0 Å². The number of unbranched alkanes of at least 4 members (excludes halogenated alkanes) is 1. The second-order valence-electron chi connectivity index (χ2n) is 6.31. The highest BCUT2D eigenvalue weighted by Crippen LogP contribution is 2.48. The minimum atomic E-state index is -0.786. The molecule has 0 saturated heterocycles. The topological polar surface area (TPSA) is 40.6 Å². The van der Waals surface area contributed by atoms with Gasteiger partial charge < -0.3 is 9.80 Å². The molecule has 0 aromatic heterocycles. The van der Waals surface area contributed by atoms with Crippen LogP contribution in [0.3, 0.4) is 0 Å². The van der Waals surface area contributed by atoms with Crippen molar-refractivity contribution in [1.29, 1.82) is 0 Å². The van der Waals surface area contributed by atoms with Crippen molar-refractivity contribution in [3.63, 3.8) is 0 Å². The van der Waals surface area contributed by atoms with E-state index in [0.717, 1.165) is 24.9 Å². The molecule has 1 fully saturated rings. The van der Waals surface area contributed by atoms with Crippen molar-refractivity contribution >= 4 is 11.8 Å². The third kappa shape index (κ3) is 3.49. The molecule has 0 heterocycles. The summed E-state index contributed by atoms with van der Waals surface area (Å²) in [5.74, 6) is -0.0458. The Morgan fingerprint density at radius 3 is 2.18 bits per heavy atom. The van der Waals surface area contributed by atoms with Crippen molar-refractivity contribution in [2.75, 3.05) is 20.6 Å². The first kappa shape index (κ1) is 16.5. The average Bonchev–Trinajstić information content (AvgIpc) is 3.33. The van der Waals surface area contributed by atoms with Crippen molar-refractivity contribution in [3.05, 3.63) is 35.9 Å². The fraction of sp³-hybridized carbons (Fsp3) is 0.556. The Morgan fingerprint density at radius 1 is 1.05 bits per heavy atom. The molecular weight excluding hydrogens is 276 g/mol. The quantitative estimate of drug-likeness (QED) is 0.727. The number of amides is 2. The van der Waals surface area contributed by atoms with Gasteiger partial charge in [0.2, 0.25) is 11.8 Å². The molecule has 0 atom stereocenters. The van der Waals surface area contributed by atoms with Gasteiger partial charge in [0.1, 0.15) is 5.41 Å². The van der Waals surface area contributed by atoms with Crippen LogP contribution in [0.15, 0.2) is 30.3 Å². The van der Waals surface area contributed by atoms with E-state index < -0.39 is 5.41 Å². The van der Waals surface area contributed by atoms with Gasteiger partial charge in [0, 0.05) is 27.2 Å². The van der Waals surface area contributed by atoms with Crippen LogP contribution in [0.5, 0.6) is 0 Å². The zero-order valence-corrected chi connectivity index (χ0v) is 13.8. The van der Waals surface area contributed by atoms with Crippen LogP contribution in [-0.2, 0) is 16.1 Å². The van der Waals surface area contributed by atoms with Crippen LogP contribution in [0, 0.1) is 5.41 Å². The van der Waals surface area contributed by atoms with E-state index in [4.69, 9.17) is 0 Å². The number of benzene rings is 1. The number of carbonyl (C=O) groups excluding carboxylic acids is 2. The Kier molecular flexibility index (Phi) is 5.22. The van der Waals surface area contributed by atoms with Crippen LogP contribution < -0.4 is 0 Å². The monoisotopic (exact) mass is 302 g/mol. The summed E-state index contributed by atoms with van der Waals surface area (Å²) in [6.45, 7) is 3.38. The van der Waals surface area contributed by atoms with Crippen LogP contribution in [0.4, 0.5) is 0 Å². The third-order valence-corrected chi connectivity index (χ3v) is 4.37. The van der Waals surface area contributed by atoms with E-state index in [0.29, 0.717) is 19.4 Å². The molecule has 1 aromatic rings. The molecule has 1 aliphatic carbocycles. The van der Waals surface area contributed by atoms with Crippen LogP contribution >= 0.6 is 0 Å². The van der Waals surface area contributed by atoms with Gasteiger partial charge in [-0.2, -0.15) is 0 Å². The van der Waals surface area contributed by atoms with Crippen LogP contribution in [0.1, 0.15) is 38.2 Å². The largest absolute Gasteiger partial charge is 0.345 e. The van der Waals surface area contributed by atoms with E-state index in [-0.39, 0.29) is 11.8 Å². The Morgan fingerprint density at radius 2 is 1.64 bits per heavy atom. The number of carbonyl (C=O) groups is 2. The van der Waals surface area contributed by atoms with Gasteiger partial charge in [-0.25, -0.2) is 0 Å². The van der Waals surface area contributed by atoms with Crippen LogP contribution in [0.25, 0.3) is 0 Å². The summed E-state index contributed by atoms with van der Waals surface area (Å²) in [5.41, 5.74) is 0.299. The van der Waals surface area contributed by atoms with Gasteiger partial charge in [-0.3, -0.25) is 9.59 Å². The smallest absolute Gasteiger partial charge is 0.238 e. The molecule has 2 amide bonds. The van der Waals surface area contributed by atoms with Crippen molar-refractivity contribution in [3.8, 4) is 0 Å². The Labute approximate surface area is 133 Å². The molecule has 1 saturated carbocycles. The summed E-state index contributed by atoms with van der Waals surface area (Å²) < 4.78 is 0. The standard InChI is InChI=1S/C18H26N2O2/c1-4-5-13-19(2)16(21)18(11-12-18)17(22)20(3)14-15-9-7-6-8-10-15/h6-10H,4-5,11-14H2,1-3H3. The fourth-order valence-electron chi connectivity index (χ4n) is 2.80. The number of hydrogen-bond acceptors (Lipinski definition) is 2. The fourth-order valence-corrected chi connectivity index (χ4v) is 2.80. The summed E-state index contributed by atoms with van der Waals surface area (Å²) in [7, 11) is 3.59. The lowest BCUT2D eigenvalue weighted by atomic mass is 10.0. The summed E-state index contributed by atoms with van der Waals surface area (Å²) in [4.78, 5) is 28.8. The molecular formula is C18H26N2O2. The Hall–Kier alpha value is -1.84. The zero-order valence-electron chi connectivity index (χ0n) is 13.8. The Balaban J connectivity index is 2.00. The molecule has 0 bridgehead atoms. The van der Waals surface area contributed by atoms with Gasteiger partial charge in [-0.1, -0.05) is 43.7 Å². The minimum Gasteiger partial charge on any atom is -0.345 e. The van der Waals surface area contributed by atoms with Gasteiger partial charge in [0.05, 0.1) is 0 Å². The van der Waals surface area contributed by atoms with Gasteiger partial charge in [-0.05, 0) is 24.8 Å². The molecule has 0 aliphatic heterocycles. The van der Waals surface area contributed by atoms with E-state index in [2.05, 4.69) is 6.92 Å². The molecule has 1 aromatic carbocycles. The predicted molar refractivity (Wildman–Crippen MR) is 87.1 cm³/mol. The molecule has 4 heteroatoms. The lowest BCUT2D eigenvalue weighted by molar-refractivity contribution is -0.148. The average molecular weight is 302 g/mol. The first-order valence-corrected chi connectivity index (χ1v) is 8.06. The van der Waals surface area contributed by atoms with Crippen molar-refractivity contribution in [2.45, 2.75) is 39.2 Å². The van der Waals surface area contributed by atoms with Crippen LogP contribution in [0.2, 0.25) is 0 Å². The molecule has 2 rings (SSSR count). The molecule has 1 aliphatic rings. The number of hydrogen-bond donors (Lipinski definition) is 0. The van der Waals surface area contributed by atoms with Crippen molar-refractivity contribution in [2.24, 2.45) is 5.41 Å². The minimum absolute atomic E-state index is 0.00846. The van der Waals surface area contributed by atoms with Gasteiger partial charge in [-0.15, -0.1) is 0 Å². The second kappa shape index (κ2) is 6.95. The first-order chi connectivity index (χ1) is 10.5. The maximum absolute atomic E-state index is 12.7. The molecule has 22 heavy (non-hydrogen) atoms. The van der Waals surface area contributed by atoms with E-state index in [1.165, 1.54) is 0 Å². The zero-order chi connectivity index (χ0) is 16.2. The Bertz CT molecular complexity index is 523. The maximum Gasteiger partial charge on any atom is 0.238 e. The molecule has 0 N–H and O–H groups in total. The summed E-state index contributed by atoms with van der Waals surface area (Å²) >= 11 is 0. The van der Waals surface area contributed by atoms with Crippen LogP contribution in [-0.4, -0.2) is 42.3 Å². The third-order valence-electron chi connectivity index (χ3n) is 4.37. The van der Waals surface area contributed by atoms with Crippen molar-refractivity contribution < 1.29 is 9.59 Å². The number of nitrogens with zero attached hydrogens (tertiary/aromatic N) is 2. The van der Waals surface area contributed by atoms with Gasteiger partial charge in [0.25, 0.3) is 0 Å². The maximum atomic E-state index is 12.7. The molecule has 120 valence electrons. The number of rotatable bonds is 7. The van der Waals surface area contributed by atoms with Gasteiger partial charge in [0.15, 0.2) is 0 Å². The van der Waals surface area contributed by atoms with Crippen molar-refractivity contribution in [1.82, 2.24) is 9.80 Å². The molecule has 0 radical (unpaired) electrons. The summed E-state index contributed by atoms with van der Waals surface area (Å²) in [6.07, 6.45) is 3.39. The normalized spacial score (nSPS) is 15.2. The molecule has 0 unspecified atom stereocenters. The van der Waals surface area contributed by atoms with E-state index >= 15 is 0 Å². The highest BCUT2D eigenvalue weighted by molar-refractivity contribution is 6.07. The van der Waals surface area contributed by atoms with E-state index in [1.54, 1.807) is 16.8 Å². The lowest BCUT2D eigenvalue weighted by Gasteiger charge is -2.27. The highest BCUT2D eigenvalue weighted by Gasteiger charge is 2.58. The molecule has 0 spiro atoms. The summed E-state index contributed by atoms with van der Waals surface area (Å²) in [6, 6.07) is 9.88. The SMILES string of the molecule is CCCCN(C)C(=O)C1(C(=O)N(C)Cc2ccccc2)CC1. The first-order valence-electron chi connectivity index (χ1n) is 8.06. The second-order valence-corrected chi connectivity index (χ2v) is 6.31. The van der Waals surface area contributed by atoms with E-state index in [9.17, 15) is 9.59 Å². The van der Waals surface area contributed by atoms with E-state index in [1.807, 2.05) is 37.4 Å².